The van der Waals surface area contributed by atoms with Crippen LogP contribution < -0.4 is 0 Å². The van der Waals surface area contributed by atoms with Gasteiger partial charge in [0.15, 0.2) is 12.4 Å². The Morgan fingerprint density at radius 3 is 1.79 bits per heavy atom. The minimum atomic E-state index is -1.59. The minimum absolute atomic E-state index is 0.215. The topological polar surface area (TPSA) is 152 Å². The van der Waals surface area contributed by atoms with Crippen molar-refractivity contribution in [1.29, 1.82) is 0 Å². The highest BCUT2D eigenvalue weighted by Crippen LogP contribution is 2.22. The van der Waals surface area contributed by atoms with E-state index >= 15 is 0 Å². The molecule has 0 aromatic carbocycles. The number of rotatable bonds is 30. The van der Waals surface area contributed by atoms with Crippen LogP contribution in [0.3, 0.4) is 0 Å². The van der Waals surface area contributed by atoms with E-state index in [9.17, 15) is 30.0 Å². The fourth-order valence-electron chi connectivity index (χ4n) is 5.50. The van der Waals surface area contributed by atoms with Gasteiger partial charge in [-0.2, -0.15) is 0 Å². The van der Waals surface area contributed by atoms with E-state index in [4.69, 9.17) is 18.9 Å². The quantitative estimate of drug-likeness (QED) is 0.0370. The molecule has 1 rings (SSSR count). The summed E-state index contributed by atoms with van der Waals surface area (Å²) in [6.45, 7) is 3.32. The average Bonchev–Trinajstić information content (AvgIpc) is 3.08. The number of ether oxygens (including phenoxy) is 4. The summed E-state index contributed by atoms with van der Waals surface area (Å²) >= 11 is 0. The molecule has 10 nitrogen and oxygen atoms in total. The lowest BCUT2D eigenvalue weighted by Crippen LogP contribution is -2.59. The van der Waals surface area contributed by atoms with Gasteiger partial charge in [-0.05, 0) is 38.5 Å². The van der Waals surface area contributed by atoms with Gasteiger partial charge in [0.2, 0.25) is 0 Å². The number of carbonyl (C=O) groups excluding carboxylic acids is 2. The largest absolute Gasteiger partial charge is 0.462 e. The lowest BCUT2D eigenvalue weighted by Gasteiger charge is -2.39. The first-order valence-electron chi connectivity index (χ1n) is 18.9. The first-order chi connectivity index (χ1) is 23.3. The molecule has 48 heavy (non-hydrogen) atoms. The predicted octanol–water partition coefficient (Wildman–Crippen LogP) is 6.60. The number of aliphatic hydroxyl groups is 4. The van der Waals surface area contributed by atoms with Crippen LogP contribution in [0.2, 0.25) is 0 Å². The molecule has 0 radical (unpaired) electrons. The Hall–Kier alpha value is -1.82. The zero-order valence-electron chi connectivity index (χ0n) is 30.0. The van der Waals surface area contributed by atoms with Gasteiger partial charge >= 0.3 is 11.9 Å². The van der Waals surface area contributed by atoms with Crippen LogP contribution in [0.1, 0.15) is 149 Å². The zero-order valence-corrected chi connectivity index (χ0v) is 30.0. The van der Waals surface area contributed by atoms with Crippen LogP contribution in [0.5, 0.6) is 0 Å². The third-order valence-corrected chi connectivity index (χ3v) is 8.59. The molecule has 0 aromatic heterocycles. The first kappa shape index (κ1) is 44.2. The fraction of sp³-hybridized carbons (Fsp3) is 0.842. The summed E-state index contributed by atoms with van der Waals surface area (Å²) < 4.78 is 22.0. The summed E-state index contributed by atoms with van der Waals surface area (Å²) in [5.74, 6) is -0.826. The van der Waals surface area contributed by atoms with Crippen molar-refractivity contribution in [2.24, 2.45) is 0 Å². The van der Waals surface area contributed by atoms with E-state index in [1.54, 1.807) is 0 Å². The third kappa shape index (κ3) is 22.0. The van der Waals surface area contributed by atoms with E-state index in [1.807, 2.05) is 0 Å². The second-order valence-corrected chi connectivity index (χ2v) is 13.0. The Bertz CT molecular complexity index is 845. The van der Waals surface area contributed by atoms with Gasteiger partial charge in [-0.1, -0.05) is 122 Å². The number of hydrogen-bond acceptors (Lipinski definition) is 10. The maximum Gasteiger partial charge on any atom is 0.306 e. The second-order valence-electron chi connectivity index (χ2n) is 13.0. The number of esters is 2. The van der Waals surface area contributed by atoms with Crippen LogP contribution in [0.15, 0.2) is 24.3 Å². The Morgan fingerprint density at radius 2 is 1.19 bits per heavy atom. The van der Waals surface area contributed by atoms with Crippen molar-refractivity contribution < 1.29 is 49.0 Å². The van der Waals surface area contributed by atoms with E-state index in [2.05, 4.69) is 38.2 Å². The Balaban J connectivity index is 2.42. The molecule has 4 N–H and O–H groups in total. The molecular formula is C38H68O10. The first-order valence-corrected chi connectivity index (χ1v) is 18.9. The van der Waals surface area contributed by atoms with Gasteiger partial charge < -0.3 is 39.4 Å². The monoisotopic (exact) mass is 684 g/mol. The SMILES string of the molecule is CCCC/C=C\C/C=C\CCCCCCCC(=O)OC(COC(=O)CCCCCCCCCCC)COC1OC(CO)C(O)C(O)C1O. The van der Waals surface area contributed by atoms with E-state index < -0.39 is 49.4 Å². The van der Waals surface area contributed by atoms with Crippen molar-refractivity contribution in [2.45, 2.75) is 185 Å². The average molecular weight is 685 g/mol. The number of carbonyl (C=O) groups is 2. The van der Waals surface area contributed by atoms with E-state index in [-0.39, 0.29) is 32.0 Å². The zero-order chi connectivity index (χ0) is 35.2. The molecule has 10 heteroatoms. The maximum atomic E-state index is 12.7. The van der Waals surface area contributed by atoms with Gasteiger partial charge in [0.1, 0.15) is 31.0 Å². The van der Waals surface area contributed by atoms with Crippen molar-refractivity contribution in [3.05, 3.63) is 24.3 Å². The van der Waals surface area contributed by atoms with E-state index in [0.29, 0.717) is 6.42 Å². The van der Waals surface area contributed by atoms with Crippen molar-refractivity contribution in [1.82, 2.24) is 0 Å². The van der Waals surface area contributed by atoms with Crippen LogP contribution in [-0.2, 0) is 28.5 Å². The molecule has 0 bridgehead atoms. The molecule has 280 valence electrons. The summed E-state index contributed by atoms with van der Waals surface area (Å²) in [4.78, 5) is 25.1. The highest BCUT2D eigenvalue weighted by Gasteiger charge is 2.44. The van der Waals surface area contributed by atoms with Gasteiger partial charge in [-0.25, -0.2) is 0 Å². The van der Waals surface area contributed by atoms with Crippen LogP contribution in [0, 0.1) is 0 Å². The minimum Gasteiger partial charge on any atom is -0.462 e. The normalized spacial score (nSPS) is 22.0. The lowest BCUT2D eigenvalue weighted by atomic mass is 9.99. The summed E-state index contributed by atoms with van der Waals surface area (Å²) in [5, 5.41) is 39.8. The molecule has 1 heterocycles. The molecule has 1 aliphatic rings. The van der Waals surface area contributed by atoms with Gasteiger partial charge in [-0.3, -0.25) is 9.59 Å². The molecule has 0 saturated carbocycles. The predicted molar refractivity (Wildman–Crippen MR) is 187 cm³/mol. The Labute approximate surface area is 290 Å². The molecule has 0 amide bonds. The van der Waals surface area contributed by atoms with Crippen molar-refractivity contribution in [3.8, 4) is 0 Å². The number of hydrogen-bond donors (Lipinski definition) is 4. The third-order valence-electron chi connectivity index (χ3n) is 8.59. The summed E-state index contributed by atoms with van der Waals surface area (Å²) in [6, 6.07) is 0. The Morgan fingerprint density at radius 1 is 0.646 bits per heavy atom. The van der Waals surface area contributed by atoms with Gasteiger partial charge in [0.25, 0.3) is 0 Å². The highest BCUT2D eigenvalue weighted by molar-refractivity contribution is 5.70. The molecule has 0 aliphatic carbocycles. The van der Waals surface area contributed by atoms with E-state index in [1.165, 1.54) is 51.4 Å². The second kappa shape index (κ2) is 30.0. The van der Waals surface area contributed by atoms with Crippen molar-refractivity contribution >= 4 is 11.9 Å². The lowest BCUT2D eigenvalue weighted by molar-refractivity contribution is -0.305. The number of unbranched alkanes of at least 4 members (excludes halogenated alkanes) is 15. The van der Waals surface area contributed by atoms with Gasteiger partial charge in [0.05, 0.1) is 13.2 Å². The number of aliphatic hydroxyl groups excluding tert-OH is 4. The highest BCUT2D eigenvalue weighted by atomic mass is 16.7. The smallest absolute Gasteiger partial charge is 0.306 e. The van der Waals surface area contributed by atoms with Crippen molar-refractivity contribution in [2.75, 3.05) is 19.8 Å². The molecular weight excluding hydrogens is 616 g/mol. The summed E-state index contributed by atoms with van der Waals surface area (Å²) in [7, 11) is 0. The van der Waals surface area contributed by atoms with Crippen LogP contribution >= 0.6 is 0 Å². The molecule has 0 spiro atoms. The molecule has 6 atom stereocenters. The fourth-order valence-corrected chi connectivity index (χ4v) is 5.50. The molecule has 1 fully saturated rings. The summed E-state index contributed by atoms with van der Waals surface area (Å²) in [5.41, 5.74) is 0. The maximum absolute atomic E-state index is 12.7. The van der Waals surface area contributed by atoms with Crippen molar-refractivity contribution in [3.63, 3.8) is 0 Å². The molecule has 1 saturated heterocycles. The van der Waals surface area contributed by atoms with Gasteiger partial charge in [-0.15, -0.1) is 0 Å². The summed E-state index contributed by atoms with van der Waals surface area (Å²) in [6.07, 6.45) is 21.9. The standard InChI is InChI=1S/C38H68O10/c1-3-5-7-9-11-13-14-15-16-17-19-21-23-25-27-34(41)47-31(30-46-38-37(44)36(43)35(42)32(28-39)48-38)29-45-33(40)26-24-22-20-18-12-10-8-6-4-2/h9,11,14-15,31-32,35-39,42-44H,3-8,10,12-13,16-30H2,1-2H3/b11-9-,15-14-. The van der Waals surface area contributed by atoms with E-state index in [0.717, 1.165) is 64.2 Å². The Kier molecular flexibility index (Phi) is 27.7. The van der Waals surface area contributed by atoms with Gasteiger partial charge in [0, 0.05) is 12.8 Å². The van der Waals surface area contributed by atoms with Crippen LogP contribution in [-0.4, -0.2) is 89.0 Å². The molecule has 6 unspecified atom stereocenters. The van der Waals surface area contributed by atoms with Crippen LogP contribution in [0.4, 0.5) is 0 Å². The molecule has 1 aliphatic heterocycles. The number of allylic oxidation sites excluding steroid dienone is 4. The molecule has 0 aromatic rings. The van der Waals surface area contributed by atoms with Crippen LogP contribution in [0.25, 0.3) is 0 Å².